The van der Waals surface area contributed by atoms with Crippen LogP contribution in [0.2, 0.25) is 5.02 Å². The van der Waals surface area contributed by atoms with E-state index in [1.807, 2.05) is 24.3 Å². The fourth-order valence-corrected chi connectivity index (χ4v) is 5.73. The molecule has 1 heterocycles. The first kappa shape index (κ1) is 13.5. The van der Waals surface area contributed by atoms with E-state index in [1.54, 1.807) is 11.8 Å². The summed E-state index contributed by atoms with van der Waals surface area (Å²) >= 11 is 7.49. The molecule has 1 N–H and O–H groups in total. The van der Waals surface area contributed by atoms with Crippen molar-refractivity contribution in [3.05, 3.63) is 29.3 Å². The molecule has 3 fully saturated rings. The molecule has 1 aromatic rings. The minimum atomic E-state index is -0.869. The summed E-state index contributed by atoms with van der Waals surface area (Å²) in [6.07, 6.45) is 0.646. The van der Waals surface area contributed by atoms with E-state index in [9.17, 15) is 14.7 Å². The number of ether oxygens (including phenoxy) is 1. The maximum atomic E-state index is 11.9. The van der Waals surface area contributed by atoms with Gasteiger partial charge in [0.05, 0.1) is 17.1 Å². The lowest BCUT2D eigenvalue weighted by Crippen LogP contribution is -2.39. The number of carboxylic acids is 1. The van der Waals surface area contributed by atoms with Crippen LogP contribution in [0, 0.1) is 23.7 Å². The van der Waals surface area contributed by atoms with Crippen molar-refractivity contribution in [3.63, 3.8) is 0 Å². The summed E-state index contributed by atoms with van der Waals surface area (Å²) < 4.78 is 5.48. The molecule has 3 aliphatic rings. The fourth-order valence-electron chi connectivity index (χ4n) is 4.15. The van der Waals surface area contributed by atoms with Crippen molar-refractivity contribution in [2.24, 2.45) is 23.7 Å². The van der Waals surface area contributed by atoms with E-state index in [1.165, 1.54) is 0 Å². The van der Waals surface area contributed by atoms with Crippen LogP contribution in [0.1, 0.15) is 6.42 Å². The minimum Gasteiger partial charge on any atom is -0.481 e. The number of aliphatic carboxylic acids is 1. The number of fused-ring (bicyclic) bond motifs is 1. The average molecular weight is 325 g/mol. The Morgan fingerprint density at radius 1 is 1.29 bits per heavy atom. The Hall–Kier alpha value is -1.20. The highest BCUT2D eigenvalue weighted by Crippen LogP contribution is 2.61. The molecule has 1 unspecified atom stereocenters. The van der Waals surface area contributed by atoms with Crippen LogP contribution in [0.15, 0.2) is 29.2 Å². The number of esters is 1. The van der Waals surface area contributed by atoms with Crippen molar-refractivity contribution in [2.75, 3.05) is 0 Å². The van der Waals surface area contributed by atoms with Crippen molar-refractivity contribution >= 4 is 35.3 Å². The van der Waals surface area contributed by atoms with E-state index >= 15 is 0 Å². The third-order valence-corrected chi connectivity index (χ3v) is 6.60. The van der Waals surface area contributed by atoms with Gasteiger partial charge in [-0.25, -0.2) is 0 Å². The summed E-state index contributed by atoms with van der Waals surface area (Å²) in [5.41, 5.74) is 0. The number of carbonyl (C=O) groups is 2. The predicted molar refractivity (Wildman–Crippen MR) is 77.2 cm³/mol. The summed E-state index contributed by atoms with van der Waals surface area (Å²) in [7, 11) is 0. The molecule has 0 amide bonds. The Labute approximate surface area is 130 Å². The van der Waals surface area contributed by atoms with Crippen LogP contribution in [-0.4, -0.2) is 28.4 Å². The first-order chi connectivity index (χ1) is 10.1. The maximum absolute atomic E-state index is 11.9. The van der Waals surface area contributed by atoms with Crippen LogP contribution < -0.4 is 0 Å². The second kappa shape index (κ2) is 4.65. The van der Waals surface area contributed by atoms with Gasteiger partial charge in [-0.2, -0.15) is 0 Å². The van der Waals surface area contributed by atoms with Gasteiger partial charge in [-0.3, -0.25) is 9.59 Å². The van der Waals surface area contributed by atoms with Crippen molar-refractivity contribution in [1.82, 2.24) is 0 Å². The highest BCUT2D eigenvalue weighted by atomic mass is 35.5. The van der Waals surface area contributed by atoms with E-state index in [2.05, 4.69) is 0 Å². The Morgan fingerprint density at radius 2 is 2.00 bits per heavy atom. The van der Waals surface area contributed by atoms with Crippen LogP contribution in [0.5, 0.6) is 0 Å². The summed E-state index contributed by atoms with van der Waals surface area (Å²) in [6.45, 7) is 0. The van der Waals surface area contributed by atoms with Crippen LogP contribution in [0.25, 0.3) is 0 Å². The molecule has 0 spiro atoms. The van der Waals surface area contributed by atoms with Crippen molar-refractivity contribution in [1.29, 1.82) is 0 Å². The minimum absolute atomic E-state index is 0.00891. The van der Waals surface area contributed by atoms with Gasteiger partial charge in [0.1, 0.15) is 6.10 Å². The van der Waals surface area contributed by atoms with Crippen molar-refractivity contribution in [2.45, 2.75) is 22.7 Å². The van der Waals surface area contributed by atoms with Gasteiger partial charge < -0.3 is 9.84 Å². The molecule has 1 aromatic carbocycles. The predicted octanol–water partition coefficient (Wildman–Crippen LogP) is 2.69. The van der Waals surface area contributed by atoms with E-state index in [-0.39, 0.29) is 29.2 Å². The number of carbonyl (C=O) groups excluding carboxylic acids is 1. The number of halogens is 1. The van der Waals surface area contributed by atoms with Crippen LogP contribution in [0.4, 0.5) is 0 Å². The summed E-state index contributed by atoms with van der Waals surface area (Å²) in [5, 5.41) is 10.2. The third kappa shape index (κ3) is 1.90. The molecule has 1 saturated heterocycles. The highest BCUT2D eigenvalue weighted by molar-refractivity contribution is 8.00. The topological polar surface area (TPSA) is 63.6 Å². The molecular formula is C15H13ClO4S. The molecule has 4 nitrogen and oxygen atoms in total. The molecule has 6 atom stereocenters. The van der Waals surface area contributed by atoms with Crippen LogP contribution in [0.3, 0.4) is 0 Å². The van der Waals surface area contributed by atoms with Gasteiger partial charge >= 0.3 is 11.9 Å². The molecule has 6 heteroatoms. The number of hydrogen-bond acceptors (Lipinski definition) is 4. The van der Waals surface area contributed by atoms with Crippen LogP contribution >= 0.6 is 23.4 Å². The molecule has 1 aliphatic heterocycles. The molecule has 21 heavy (non-hydrogen) atoms. The standard InChI is InChI=1S/C15H13ClO4S/c16-6-1-3-7(4-2-6)21-13-9-5-8-11(10(9)14(17)18)15(19)20-12(8)13/h1-4,8-13H,5H2,(H,17,18)/t8-,9+,10?,11-,12+,13+/m0/s1. The first-order valence-electron chi connectivity index (χ1n) is 6.92. The molecule has 2 aliphatic carbocycles. The zero-order valence-corrected chi connectivity index (χ0v) is 12.5. The lowest BCUT2D eigenvalue weighted by molar-refractivity contribution is -0.151. The zero-order chi connectivity index (χ0) is 14.7. The Kier molecular flexibility index (Phi) is 2.98. The van der Waals surface area contributed by atoms with Gasteiger partial charge in [-0.05, 0) is 36.6 Å². The van der Waals surface area contributed by atoms with Gasteiger partial charge in [0.15, 0.2) is 0 Å². The van der Waals surface area contributed by atoms with E-state index in [4.69, 9.17) is 16.3 Å². The second-order valence-electron chi connectivity index (χ2n) is 5.89. The SMILES string of the molecule is O=C(O)C1[C@H]2C[C@@H]3[C@@H](OC(=O)[C@H]13)[C@@H]2Sc1ccc(Cl)cc1. The largest absolute Gasteiger partial charge is 0.481 e. The first-order valence-corrected chi connectivity index (χ1v) is 8.17. The van der Waals surface area contributed by atoms with Crippen molar-refractivity contribution < 1.29 is 19.4 Å². The lowest BCUT2D eigenvalue weighted by Gasteiger charge is -2.29. The molecule has 2 saturated carbocycles. The summed E-state index contributed by atoms with van der Waals surface area (Å²) in [6, 6.07) is 7.47. The monoisotopic (exact) mass is 324 g/mol. The van der Waals surface area contributed by atoms with Crippen molar-refractivity contribution in [3.8, 4) is 0 Å². The summed E-state index contributed by atoms with van der Waals surface area (Å²) in [5.74, 6) is -2.13. The highest BCUT2D eigenvalue weighted by Gasteiger charge is 2.68. The van der Waals surface area contributed by atoms with Gasteiger partial charge in [0.2, 0.25) is 0 Å². The molecule has 0 aromatic heterocycles. The number of benzene rings is 1. The zero-order valence-electron chi connectivity index (χ0n) is 10.9. The summed E-state index contributed by atoms with van der Waals surface area (Å²) in [4.78, 5) is 24.5. The van der Waals surface area contributed by atoms with E-state index < -0.39 is 17.8 Å². The molecule has 0 radical (unpaired) electrons. The lowest BCUT2D eigenvalue weighted by atomic mass is 9.80. The molecule has 110 valence electrons. The molecule has 4 rings (SSSR count). The Balaban J connectivity index is 1.63. The average Bonchev–Trinajstić information content (AvgIpc) is 3.04. The fraction of sp³-hybridized carbons (Fsp3) is 0.467. The van der Waals surface area contributed by atoms with Gasteiger partial charge in [-0.15, -0.1) is 11.8 Å². The molecule has 2 bridgehead atoms. The quantitative estimate of drug-likeness (QED) is 0.866. The Bertz CT molecular complexity index is 617. The van der Waals surface area contributed by atoms with Gasteiger partial charge in [-0.1, -0.05) is 11.6 Å². The number of thioether (sulfide) groups is 1. The number of hydrogen-bond donors (Lipinski definition) is 1. The van der Waals surface area contributed by atoms with Crippen LogP contribution in [-0.2, 0) is 14.3 Å². The molecular weight excluding hydrogens is 312 g/mol. The Morgan fingerprint density at radius 3 is 2.67 bits per heavy atom. The van der Waals surface area contributed by atoms with E-state index in [0.29, 0.717) is 5.02 Å². The smallest absolute Gasteiger partial charge is 0.310 e. The number of rotatable bonds is 3. The maximum Gasteiger partial charge on any atom is 0.310 e. The second-order valence-corrected chi connectivity index (χ2v) is 7.58. The normalized spacial score (nSPS) is 39.6. The van der Waals surface area contributed by atoms with E-state index in [0.717, 1.165) is 11.3 Å². The number of carboxylic acid groups (broad SMARTS) is 1. The van der Waals surface area contributed by atoms with Gasteiger partial charge in [0.25, 0.3) is 0 Å². The van der Waals surface area contributed by atoms with Gasteiger partial charge in [0, 0.05) is 15.8 Å². The third-order valence-electron chi connectivity index (χ3n) is 4.92.